The Bertz CT molecular complexity index is 27.7. The Hall–Kier alpha value is 0.466. The molecule has 1 nitrogen and oxygen atoms in total. The van der Waals surface area contributed by atoms with Gasteiger partial charge in [0.25, 0.3) is 0 Å². The van der Waals surface area contributed by atoms with Crippen molar-refractivity contribution in [1.29, 1.82) is 0 Å². The molecular weight excluding hydrogens is 145 g/mol. The van der Waals surface area contributed by atoms with Gasteiger partial charge in [-0.05, 0) is 25.9 Å². The molecule has 1 N–H and O–H groups in total. The maximum absolute atomic E-state index is 3.28. The Labute approximate surface area is 62.4 Å². The molecule has 8 heavy (non-hydrogen) atoms. The fourth-order valence-corrected chi connectivity index (χ4v) is 0.479. The van der Waals surface area contributed by atoms with Gasteiger partial charge in [0.15, 0.2) is 0 Å². The molecule has 53 valence electrons. The van der Waals surface area contributed by atoms with E-state index in [1.165, 1.54) is 25.9 Å². The number of hydrogen-bond acceptors (Lipinski definition) is 1. The molecule has 0 unspecified atom stereocenters. The third-order valence-corrected chi connectivity index (χ3v) is 0.854. The Kier molecular flexibility index (Phi) is 14.7. The van der Waals surface area contributed by atoms with Crippen LogP contribution in [0, 0.1) is 0 Å². The quantitative estimate of drug-likeness (QED) is 0.613. The summed E-state index contributed by atoms with van der Waals surface area (Å²) in [6.07, 6.45) is 2.50. The van der Waals surface area contributed by atoms with Gasteiger partial charge in [-0.1, -0.05) is 13.8 Å². The summed E-state index contributed by atoms with van der Waals surface area (Å²) in [5, 5.41) is 3.28. The molecule has 0 aromatic heterocycles. The van der Waals surface area contributed by atoms with Crippen molar-refractivity contribution in [2.24, 2.45) is 0 Å². The van der Waals surface area contributed by atoms with Crippen molar-refractivity contribution in [3.63, 3.8) is 0 Å². The first-order valence-corrected chi connectivity index (χ1v) is 3.12. The van der Waals surface area contributed by atoms with E-state index in [9.17, 15) is 0 Å². The van der Waals surface area contributed by atoms with E-state index in [1.54, 1.807) is 0 Å². The molecule has 0 amide bonds. The average Bonchev–Trinajstić information content (AvgIpc) is 1.69. The molecule has 2 heteroatoms. The van der Waals surface area contributed by atoms with Gasteiger partial charge >= 0.3 is 0 Å². The fourth-order valence-electron chi connectivity index (χ4n) is 0.479. The fraction of sp³-hybridized carbons (Fsp3) is 1.00. The number of rotatable bonds is 4. The average molecular weight is 160 g/mol. The first-order chi connectivity index (χ1) is 3.41. The second-order valence-corrected chi connectivity index (χ2v) is 1.75. The molecule has 0 aromatic carbocycles. The van der Waals surface area contributed by atoms with Crippen molar-refractivity contribution in [1.82, 2.24) is 5.32 Å². The SMILES string of the molecule is CCCNCCC.[Co]. The van der Waals surface area contributed by atoms with Crippen LogP contribution < -0.4 is 5.32 Å². The molecule has 0 aromatic rings. The normalized spacial score (nSPS) is 8.25. The van der Waals surface area contributed by atoms with Gasteiger partial charge in [0.1, 0.15) is 0 Å². The molecular formula is C6H15CoN. The van der Waals surface area contributed by atoms with Crippen LogP contribution in [0.25, 0.3) is 0 Å². The van der Waals surface area contributed by atoms with Crippen LogP contribution in [0.15, 0.2) is 0 Å². The summed E-state index contributed by atoms with van der Waals surface area (Å²) in [6.45, 7) is 6.72. The third kappa shape index (κ3) is 9.69. The molecule has 0 bridgehead atoms. The van der Waals surface area contributed by atoms with E-state index in [-0.39, 0.29) is 16.8 Å². The number of nitrogens with one attached hydrogen (secondary N) is 1. The third-order valence-electron chi connectivity index (χ3n) is 0.854. The van der Waals surface area contributed by atoms with Crippen molar-refractivity contribution in [3.8, 4) is 0 Å². The zero-order chi connectivity index (χ0) is 5.54. The molecule has 0 saturated heterocycles. The van der Waals surface area contributed by atoms with Crippen LogP contribution in [0.2, 0.25) is 0 Å². The Morgan fingerprint density at radius 3 is 1.62 bits per heavy atom. The number of hydrogen-bond donors (Lipinski definition) is 1. The van der Waals surface area contributed by atoms with Crippen LogP contribution in [0.4, 0.5) is 0 Å². The van der Waals surface area contributed by atoms with Crippen LogP contribution in [0.1, 0.15) is 26.7 Å². The van der Waals surface area contributed by atoms with E-state index in [0.29, 0.717) is 0 Å². The van der Waals surface area contributed by atoms with Gasteiger partial charge in [0.05, 0.1) is 0 Å². The van der Waals surface area contributed by atoms with Gasteiger partial charge in [0.2, 0.25) is 0 Å². The molecule has 0 spiro atoms. The maximum Gasteiger partial charge on any atom is 0 e. The summed E-state index contributed by atoms with van der Waals surface area (Å²) in [4.78, 5) is 0. The summed E-state index contributed by atoms with van der Waals surface area (Å²) in [5.41, 5.74) is 0. The van der Waals surface area contributed by atoms with Gasteiger partial charge in [0, 0.05) is 16.8 Å². The molecule has 0 heterocycles. The molecule has 0 rings (SSSR count). The summed E-state index contributed by atoms with van der Waals surface area (Å²) in [6, 6.07) is 0. The van der Waals surface area contributed by atoms with Crippen LogP contribution in [-0.2, 0) is 16.8 Å². The van der Waals surface area contributed by atoms with Crippen molar-refractivity contribution in [2.45, 2.75) is 26.7 Å². The van der Waals surface area contributed by atoms with Gasteiger partial charge in [-0.25, -0.2) is 0 Å². The van der Waals surface area contributed by atoms with E-state index in [2.05, 4.69) is 19.2 Å². The zero-order valence-electron chi connectivity index (χ0n) is 5.66. The second-order valence-electron chi connectivity index (χ2n) is 1.75. The standard InChI is InChI=1S/C6H15N.Co/c1-3-5-7-6-4-2;/h7H,3-6H2,1-2H3;. The summed E-state index contributed by atoms with van der Waals surface area (Å²) in [7, 11) is 0. The summed E-state index contributed by atoms with van der Waals surface area (Å²) < 4.78 is 0. The predicted octanol–water partition coefficient (Wildman–Crippen LogP) is 1.39. The van der Waals surface area contributed by atoms with Gasteiger partial charge in [-0.3, -0.25) is 0 Å². The van der Waals surface area contributed by atoms with Crippen LogP contribution in [0.3, 0.4) is 0 Å². The van der Waals surface area contributed by atoms with E-state index in [4.69, 9.17) is 0 Å². The van der Waals surface area contributed by atoms with Crippen molar-refractivity contribution < 1.29 is 16.8 Å². The minimum atomic E-state index is 0. The molecule has 0 saturated carbocycles. The topological polar surface area (TPSA) is 12.0 Å². The first-order valence-electron chi connectivity index (χ1n) is 3.12. The predicted molar refractivity (Wildman–Crippen MR) is 33.5 cm³/mol. The van der Waals surface area contributed by atoms with Crippen LogP contribution in [0.5, 0.6) is 0 Å². The largest absolute Gasteiger partial charge is 0.317 e. The maximum atomic E-state index is 3.28. The van der Waals surface area contributed by atoms with E-state index >= 15 is 0 Å². The molecule has 1 radical (unpaired) electrons. The summed E-state index contributed by atoms with van der Waals surface area (Å²) >= 11 is 0. The van der Waals surface area contributed by atoms with Crippen LogP contribution >= 0.6 is 0 Å². The van der Waals surface area contributed by atoms with Gasteiger partial charge in [-0.2, -0.15) is 0 Å². The second kappa shape index (κ2) is 10.4. The molecule has 0 aliphatic carbocycles. The first kappa shape index (κ1) is 11.3. The van der Waals surface area contributed by atoms with Gasteiger partial charge in [-0.15, -0.1) is 0 Å². The zero-order valence-corrected chi connectivity index (χ0v) is 6.70. The van der Waals surface area contributed by atoms with Crippen LogP contribution in [-0.4, -0.2) is 13.1 Å². The smallest absolute Gasteiger partial charge is 0 e. The minimum absolute atomic E-state index is 0. The van der Waals surface area contributed by atoms with E-state index in [0.717, 1.165) is 0 Å². The van der Waals surface area contributed by atoms with E-state index < -0.39 is 0 Å². The molecule has 0 atom stereocenters. The molecule has 0 fully saturated rings. The monoisotopic (exact) mass is 160 g/mol. The van der Waals surface area contributed by atoms with Crippen molar-refractivity contribution in [3.05, 3.63) is 0 Å². The van der Waals surface area contributed by atoms with Crippen molar-refractivity contribution in [2.75, 3.05) is 13.1 Å². The minimum Gasteiger partial charge on any atom is -0.317 e. The van der Waals surface area contributed by atoms with E-state index in [1.807, 2.05) is 0 Å². The van der Waals surface area contributed by atoms with Gasteiger partial charge < -0.3 is 5.32 Å². The Balaban J connectivity index is 0. The molecule has 0 aliphatic rings. The van der Waals surface area contributed by atoms with Crippen molar-refractivity contribution >= 4 is 0 Å². The molecule has 0 aliphatic heterocycles. The summed E-state index contributed by atoms with van der Waals surface area (Å²) in [5.74, 6) is 0. The Morgan fingerprint density at radius 2 is 1.38 bits per heavy atom. The Morgan fingerprint density at radius 1 is 1.00 bits per heavy atom.